The third-order valence-electron chi connectivity index (χ3n) is 6.48. The van der Waals surface area contributed by atoms with Crippen molar-refractivity contribution in [1.29, 1.82) is 0 Å². The Balaban J connectivity index is 0.00000385. The zero-order valence-corrected chi connectivity index (χ0v) is 22.8. The predicted molar refractivity (Wildman–Crippen MR) is 145 cm³/mol. The predicted octanol–water partition coefficient (Wildman–Crippen LogP) is 2.75. The van der Waals surface area contributed by atoms with Crippen LogP contribution in [-0.4, -0.2) is 94.4 Å². The van der Waals surface area contributed by atoms with E-state index < -0.39 is 0 Å². The lowest BCUT2D eigenvalue weighted by atomic mass is 10.1. The van der Waals surface area contributed by atoms with Crippen molar-refractivity contribution < 1.29 is 9.13 Å². The fourth-order valence-electron chi connectivity index (χ4n) is 4.42. The Morgan fingerprint density at radius 3 is 2.42 bits per heavy atom. The molecular formula is C24H42FIN6O. The molecule has 0 spiro atoms. The highest BCUT2D eigenvalue weighted by Gasteiger charge is 2.20. The topological polar surface area (TPSA) is 55.4 Å². The van der Waals surface area contributed by atoms with E-state index in [0.717, 1.165) is 89.9 Å². The maximum absolute atomic E-state index is 14.8. The normalized spacial score (nSPS) is 18.8. The van der Waals surface area contributed by atoms with Gasteiger partial charge in [-0.25, -0.2) is 9.38 Å². The third-order valence-corrected chi connectivity index (χ3v) is 6.48. The zero-order valence-electron chi connectivity index (χ0n) is 20.5. The minimum Gasteiger partial charge on any atom is -0.383 e. The summed E-state index contributed by atoms with van der Waals surface area (Å²) < 4.78 is 20.0. The van der Waals surface area contributed by atoms with Gasteiger partial charge in [-0.2, -0.15) is 0 Å². The van der Waals surface area contributed by atoms with Crippen LogP contribution >= 0.6 is 24.0 Å². The van der Waals surface area contributed by atoms with E-state index in [-0.39, 0.29) is 29.8 Å². The van der Waals surface area contributed by atoms with E-state index in [0.29, 0.717) is 18.3 Å². The maximum Gasteiger partial charge on any atom is 0.191 e. The summed E-state index contributed by atoms with van der Waals surface area (Å²) in [4.78, 5) is 11.7. The number of piperidine rings is 1. The van der Waals surface area contributed by atoms with Crippen LogP contribution in [0, 0.1) is 5.82 Å². The Bertz CT molecular complexity index is 721. The first-order valence-electron chi connectivity index (χ1n) is 12.1. The first kappa shape index (κ1) is 28.1. The number of rotatable bonds is 9. The molecule has 7 nitrogen and oxygen atoms in total. The van der Waals surface area contributed by atoms with Crippen molar-refractivity contribution in [3.05, 3.63) is 29.6 Å². The molecule has 33 heavy (non-hydrogen) atoms. The van der Waals surface area contributed by atoms with E-state index in [1.54, 1.807) is 13.2 Å². The molecule has 2 saturated heterocycles. The Labute approximate surface area is 216 Å². The highest BCUT2D eigenvalue weighted by atomic mass is 127. The highest BCUT2D eigenvalue weighted by Crippen LogP contribution is 2.22. The van der Waals surface area contributed by atoms with Gasteiger partial charge in [0.2, 0.25) is 0 Å². The first-order valence-corrected chi connectivity index (χ1v) is 12.1. The van der Waals surface area contributed by atoms with Gasteiger partial charge < -0.3 is 30.1 Å². The van der Waals surface area contributed by atoms with Crippen molar-refractivity contribution in [1.82, 2.24) is 20.4 Å². The lowest BCUT2D eigenvalue weighted by Crippen LogP contribution is -2.49. The van der Waals surface area contributed by atoms with Gasteiger partial charge in [0.15, 0.2) is 5.96 Å². The molecule has 0 saturated carbocycles. The average molecular weight is 577 g/mol. The summed E-state index contributed by atoms with van der Waals surface area (Å²) >= 11 is 0. The van der Waals surface area contributed by atoms with Gasteiger partial charge in [0.05, 0.1) is 18.8 Å². The summed E-state index contributed by atoms with van der Waals surface area (Å²) in [5.74, 6) is 0.659. The number of hydrogen-bond acceptors (Lipinski definition) is 5. The molecule has 0 aliphatic carbocycles. The second kappa shape index (κ2) is 15.0. The summed E-state index contributed by atoms with van der Waals surface area (Å²) in [6, 6.07) is 5.97. The third kappa shape index (κ3) is 8.84. The molecule has 2 aliphatic heterocycles. The number of methoxy groups -OCH3 is 1. The van der Waals surface area contributed by atoms with Gasteiger partial charge in [-0.05, 0) is 44.0 Å². The van der Waals surface area contributed by atoms with E-state index in [2.05, 4.69) is 39.2 Å². The summed E-state index contributed by atoms with van der Waals surface area (Å²) in [5.41, 5.74) is 1.60. The van der Waals surface area contributed by atoms with Gasteiger partial charge in [-0.1, -0.05) is 13.0 Å². The molecule has 0 bridgehead atoms. The molecule has 0 radical (unpaired) electrons. The minimum atomic E-state index is -0.149. The first-order chi connectivity index (χ1) is 15.6. The van der Waals surface area contributed by atoms with Crippen molar-refractivity contribution in [2.24, 2.45) is 4.99 Å². The molecule has 1 aromatic rings. The number of anilines is 1. The molecule has 0 aromatic heterocycles. The molecule has 2 fully saturated rings. The number of nitrogens with one attached hydrogen (secondary N) is 2. The average Bonchev–Trinajstić information content (AvgIpc) is 2.82. The van der Waals surface area contributed by atoms with E-state index in [1.807, 2.05) is 12.1 Å². The van der Waals surface area contributed by atoms with Crippen molar-refractivity contribution >= 4 is 35.6 Å². The van der Waals surface area contributed by atoms with Crippen LogP contribution in [0.3, 0.4) is 0 Å². The quantitative estimate of drug-likeness (QED) is 0.268. The number of nitrogens with zero attached hydrogens (tertiary/aromatic N) is 4. The molecule has 2 aliphatic rings. The largest absolute Gasteiger partial charge is 0.383 e. The van der Waals surface area contributed by atoms with E-state index in [4.69, 9.17) is 9.73 Å². The lowest BCUT2D eigenvalue weighted by Gasteiger charge is -2.35. The smallest absolute Gasteiger partial charge is 0.191 e. The van der Waals surface area contributed by atoms with Gasteiger partial charge >= 0.3 is 0 Å². The Morgan fingerprint density at radius 1 is 1.09 bits per heavy atom. The number of benzene rings is 1. The number of ether oxygens (including phenoxy) is 1. The fourth-order valence-corrected chi connectivity index (χ4v) is 4.42. The van der Waals surface area contributed by atoms with Crippen LogP contribution in [0.25, 0.3) is 0 Å². The Morgan fingerprint density at radius 2 is 1.82 bits per heavy atom. The standard InChI is InChI=1S/C24H41FN6O.HI/c1-4-26-24(28-21-8-10-30(11-9-21)16-17-32-3)27-19-20-6-7-23(22(25)18-20)31-14-12-29(5-2)13-15-31;/h6-7,18,21H,4-5,8-17,19H2,1-3H3,(H2,26,27,28);1H. The second-order valence-corrected chi connectivity index (χ2v) is 8.66. The van der Waals surface area contributed by atoms with Crippen molar-refractivity contribution in [3.8, 4) is 0 Å². The molecule has 9 heteroatoms. The number of hydrogen-bond donors (Lipinski definition) is 2. The number of guanidine groups is 1. The summed E-state index contributed by atoms with van der Waals surface area (Å²) in [7, 11) is 1.75. The van der Waals surface area contributed by atoms with Crippen LogP contribution in [0.5, 0.6) is 0 Å². The van der Waals surface area contributed by atoms with Crippen molar-refractivity contribution in [2.45, 2.75) is 39.3 Å². The SMILES string of the molecule is CCNC(=NCc1ccc(N2CCN(CC)CC2)c(F)c1)NC1CCN(CCOC)CC1.I. The van der Waals surface area contributed by atoms with E-state index in [1.165, 1.54) is 0 Å². The Kier molecular flexibility index (Phi) is 12.7. The second-order valence-electron chi connectivity index (χ2n) is 8.66. The van der Waals surface area contributed by atoms with Crippen molar-refractivity contribution in [2.75, 3.05) is 77.5 Å². The number of aliphatic imine (C=N–C) groups is 1. The summed E-state index contributed by atoms with van der Waals surface area (Å²) in [5, 5.41) is 6.90. The molecule has 2 N–H and O–H groups in total. The Hall–Kier alpha value is -1.17. The number of halogens is 2. The van der Waals surface area contributed by atoms with E-state index >= 15 is 0 Å². The fraction of sp³-hybridized carbons (Fsp3) is 0.708. The molecule has 188 valence electrons. The van der Waals surface area contributed by atoms with Crippen LogP contribution in [0.15, 0.2) is 23.2 Å². The van der Waals surface area contributed by atoms with Crippen LogP contribution < -0.4 is 15.5 Å². The highest BCUT2D eigenvalue weighted by molar-refractivity contribution is 14.0. The van der Waals surface area contributed by atoms with Gasteiger partial charge in [-0.3, -0.25) is 0 Å². The molecule has 0 atom stereocenters. The van der Waals surface area contributed by atoms with Crippen molar-refractivity contribution in [3.63, 3.8) is 0 Å². The maximum atomic E-state index is 14.8. The van der Waals surface area contributed by atoms with Crippen LogP contribution in [-0.2, 0) is 11.3 Å². The molecule has 0 unspecified atom stereocenters. The minimum absolute atomic E-state index is 0. The molecular weight excluding hydrogens is 534 g/mol. The van der Waals surface area contributed by atoms with Crippen LogP contribution in [0.2, 0.25) is 0 Å². The number of piperazine rings is 1. The lowest BCUT2D eigenvalue weighted by molar-refractivity contribution is 0.128. The number of likely N-dealkylation sites (N-methyl/N-ethyl adjacent to an activating group) is 1. The molecule has 2 heterocycles. The van der Waals surface area contributed by atoms with Gasteiger partial charge in [0.25, 0.3) is 0 Å². The van der Waals surface area contributed by atoms with Gasteiger partial charge in [0.1, 0.15) is 5.82 Å². The van der Waals surface area contributed by atoms with E-state index in [9.17, 15) is 4.39 Å². The van der Waals surface area contributed by atoms with Crippen LogP contribution in [0.1, 0.15) is 32.3 Å². The van der Waals surface area contributed by atoms with Gasteiger partial charge in [0, 0.05) is 65.5 Å². The molecule has 3 rings (SSSR count). The number of likely N-dealkylation sites (tertiary alicyclic amines) is 1. The zero-order chi connectivity index (χ0) is 22.8. The molecule has 0 amide bonds. The summed E-state index contributed by atoms with van der Waals surface area (Å²) in [6.45, 7) is 14.2. The van der Waals surface area contributed by atoms with Crippen LogP contribution in [0.4, 0.5) is 10.1 Å². The van der Waals surface area contributed by atoms with Gasteiger partial charge in [-0.15, -0.1) is 24.0 Å². The molecule has 1 aromatic carbocycles. The summed E-state index contributed by atoms with van der Waals surface area (Å²) in [6.07, 6.45) is 2.17. The monoisotopic (exact) mass is 576 g/mol.